The van der Waals surface area contributed by atoms with Crippen molar-refractivity contribution in [2.75, 3.05) is 11.8 Å². The molecule has 0 fully saturated rings. The first kappa shape index (κ1) is 22.5. The van der Waals surface area contributed by atoms with Crippen molar-refractivity contribution in [2.24, 2.45) is 0 Å². The van der Waals surface area contributed by atoms with Crippen molar-refractivity contribution in [1.82, 2.24) is 15.0 Å². The first-order valence-electron chi connectivity index (χ1n) is 9.54. The number of aromatic nitrogens is 3. The van der Waals surface area contributed by atoms with Crippen LogP contribution in [-0.2, 0) is 16.2 Å². The number of pyridine rings is 1. The summed E-state index contributed by atoms with van der Waals surface area (Å²) in [5.41, 5.74) is 0.466. The average molecular weight is 474 g/mol. The summed E-state index contributed by atoms with van der Waals surface area (Å²) in [4.78, 5) is 12.1. The van der Waals surface area contributed by atoms with E-state index in [9.17, 15) is 21.6 Å². The molecule has 0 radical (unpaired) electrons. The molecule has 0 spiro atoms. The van der Waals surface area contributed by atoms with Gasteiger partial charge in [0.1, 0.15) is 17.9 Å². The van der Waals surface area contributed by atoms with Gasteiger partial charge in [-0.15, -0.1) is 0 Å². The summed E-state index contributed by atoms with van der Waals surface area (Å²) in [6, 6.07) is 10.6. The molecular weight excluding hydrogens is 457 g/mol. The summed E-state index contributed by atoms with van der Waals surface area (Å²) in [5.74, 6) is 0.134. The van der Waals surface area contributed by atoms with Crippen molar-refractivity contribution < 1.29 is 26.3 Å². The van der Waals surface area contributed by atoms with Crippen molar-refractivity contribution in [3.05, 3.63) is 72.3 Å². The number of fused-ring (bicyclic) bond motifs is 1. The zero-order valence-electron chi connectivity index (χ0n) is 17.4. The largest absolute Gasteiger partial charge is 0.496 e. The van der Waals surface area contributed by atoms with Crippen LogP contribution in [0.2, 0.25) is 0 Å². The van der Waals surface area contributed by atoms with Gasteiger partial charge in [-0.05, 0) is 48.7 Å². The molecule has 0 unspecified atom stereocenters. The summed E-state index contributed by atoms with van der Waals surface area (Å²) in [7, 11) is -2.67. The molecule has 0 saturated carbocycles. The minimum Gasteiger partial charge on any atom is -0.496 e. The van der Waals surface area contributed by atoms with E-state index in [4.69, 9.17) is 4.74 Å². The first-order valence-corrected chi connectivity index (χ1v) is 11.0. The highest BCUT2D eigenvalue weighted by molar-refractivity contribution is 7.92. The van der Waals surface area contributed by atoms with Crippen LogP contribution in [0.3, 0.4) is 0 Å². The second kappa shape index (κ2) is 8.32. The van der Waals surface area contributed by atoms with Crippen LogP contribution < -0.4 is 9.46 Å². The van der Waals surface area contributed by atoms with Crippen LogP contribution in [0, 0.1) is 6.92 Å². The van der Waals surface area contributed by atoms with Crippen LogP contribution in [0.25, 0.3) is 22.0 Å². The van der Waals surface area contributed by atoms with Gasteiger partial charge < -0.3 is 4.74 Å². The lowest BCUT2D eigenvalue weighted by Crippen LogP contribution is -2.14. The van der Waals surface area contributed by atoms with Crippen LogP contribution in [0.4, 0.5) is 19.0 Å². The number of benzene rings is 2. The van der Waals surface area contributed by atoms with Crippen molar-refractivity contribution in [2.45, 2.75) is 18.0 Å². The number of nitrogens with zero attached hydrogens (tertiary/aromatic N) is 3. The minimum atomic E-state index is -4.52. The van der Waals surface area contributed by atoms with E-state index in [0.717, 1.165) is 12.1 Å². The Kier molecular flexibility index (Phi) is 5.66. The number of sulfonamides is 1. The Bertz CT molecular complexity index is 1460. The van der Waals surface area contributed by atoms with E-state index in [1.165, 1.54) is 43.9 Å². The number of halogens is 3. The maximum absolute atomic E-state index is 13.1. The van der Waals surface area contributed by atoms with Crippen LogP contribution in [0.1, 0.15) is 11.3 Å². The first-order chi connectivity index (χ1) is 15.6. The van der Waals surface area contributed by atoms with E-state index in [0.29, 0.717) is 27.7 Å². The molecule has 7 nitrogen and oxygen atoms in total. The van der Waals surface area contributed by atoms with E-state index in [2.05, 4.69) is 19.7 Å². The summed E-state index contributed by atoms with van der Waals surface area (Å²) >= 11 is 0. The Morgan fingerprint density at radius 1 is 0.970 bits per heavy atom. The number of methoxy groups -OCH3 is 1. The van der Waals surface area contributed by atoms with Gasteiger partial charge in [-0.3, -0.25) is 9.71 Å². The molecule has 4 aromatic rings. The molecule has 2 heterocycles. The summed E-state index contributed by atoms with van der Waals surface area (Å²) in [6.45, 7) is 1.71. The van der Waals surface area contributed by atoms with Crippen molar-refractivity contribution >= 4 is 26.6 Å². The van der Waals surface area contributed by atoms with E-state index >= 15 is 0 Å². The van der Waals surface area contributed by atoms with Gasteiger partial charge >= 0.3 is 6.18 Å². The maximum atomic E-state index is 13.1. The quantitative estimate of drug-likeness (QED) is 0.445. The molecule has 2 aromatic carbocycles. The number of hydrogen-bond acceptors (Lipinski definition) is 6. The molecule has 0 amide bonds. The van der Waals surface area contributed by atoms with Gasteiger partial charge in [0.25, 0.3) is 10.0 Å². The molecule has 0 aliphatic heterocycles. The van der Waals surface area contributed by atoms with Crippen molar-refractivity contribution in [3.8, 4) is 17.0 Å². The van der Waals surface area contributed by atoms with Crippen LogP contribution in [-0.4, -0.2) is 30.5 Å². The lowest BCUT2D eigenvalue weighted by atomic mass is 10.0. The third-order valence-corrected chi connectivity index (χ3v) is 6.23. The lowest BCUT2D eigenvalue weighted by Gasteiger charge is -2.14. The fraction of sp³-hybridized carbons (Fsp3) is 0.136. The number of ether oxygens (including phenoxy) is 1. The van der Waals surface area contributed by atoms with Crippen LogP contribution in [0.5, 0.6) is 5.75 Å². The normalized spacial score (nSPS) is 12.0. The molecule has 0 atom stereocenters. The van der Waals surface area contributed by atoms with E-state index in [-0.39, 0.29) is 16.5 Å². The zero-order valence-corrected chi connectivity index (χ0v) is 18.2. The molecule has 2 aromatic heterocycles. The SMILES string of the molecule is COc1cc(C(F)(F)F)ccc1-c1nccc2cc(S(=O)(=O)Nc3cc(C)ncn3)ccc12. The summed E-state index contributed by atoms with van der Waals surface area (Å²) in [5, 5.41) is 1.08. The van der Waals surface area contributed by atoms with Crippen LogP contribution >= 0.6 is 0 Å². The van der Waals surface area contributed by atoms with Gasteiger partial charge in [-0.1, -0.05) is 6.07 Å². The maximum Gasteiger partial charge on any atom is 0.416 e. The van der Waals surface area contributed by atoms with Gasteiger partial charge in [0, 0.05) is 28.9 Å². The van der Waals surface area contributed by atoms with Gasteiger partial charge in [0.15, 0.2) is 0 Å². The Labute approximate surface area is 187 Å². The fourth-order valence-corrected chi connectivity index (χ4v) is 4.34. The molecular formula is C22H17F3N4O3S. The number of nitrogens with one attached hydrogen (secondary N) is 1. The third kappa shape index (κ3) is 4.58. The Balaban J connectivity index is 1.77. The number of aryl methyl sites for hydroxylation is 1. The van der Waals surface area contributed by atoms with Crippen molar-refractivity contribution in [1.29, 1.82) is 0 Å². The summed E-state index contributed by atoms with van der Waals surface area (Å²) in [6.07, 6.45) is -1.81. The molecule has 11 heteroatoms. The molecule has 170 valence electrons. The Morgan fingerprint density at radius 3 is 2.45 bits per heavy atom. The van der Waals surface area contributed by atoms with Gasteiger partial charge in [-0.25, -0.2) is 18.4 Å². The number of alkyl halides is 3. The van der Waals surface area contributed by atoms with Gasteiger partial charge in [0.05, 0.1) is 23.3 Å². The van der Waals surface area contributed by atoms with Gasteiger partial charge in [-0.2, -0.15) is 13.2 Å². The van der Waals surface area contributed by atoms with E-state index < -0.39 is 21.8 Å². The molecule has 1 N–H and O–H groups in total. The zero-order chi connectivity index (χ0) is 23.8. The molecule has 0 bridgehead atoms. The Morgan fingerprint density at radius 2 is 1.76 bits per heavy atom. The van der Waals surface area contributed by atoms with Crippen LogP contribution in [0.15, 0.2) is 66.0 Å². The summed E-state index contributed by atoms with van der Waals surface area (Å²) < 4.78 is 72.5. The molecule has 0 aliphatic carbocycles. The minimum absolute atomic E-state index is 0.00215. The second-order valence-corrected chi connectivity index (χ2v) is 8.79. The second-order valence-electron chi connectivity index (χ2n) is 7.11. The Hall–Kier alpha value is -3.73. The predicted octanol–water partition coefficient (Wildman–Crippen LogP) is 4.83. The van der Waals surface area contributed by atoms with E-state index in [1.807, 2.05) is 0 Å². The predicted molar refractivity (Wildman–Crippen MR) is 116 cm³/mol. The van der Waals surface area contributed by atoms with Gasteiger partial charge in [0.2, 0.25) is 0 Å². The number of hydrogen-bond donors (Lipinski definition) is 1. The van der Waals surface area contributed by atoms with Crippen molar-refractivity contribution in [3.63, 3.8) is 0 Å². The highest BCUT2D eigenvalue weighted by Gasteiger charge is 2.31. The molecule has 4 rings (SSSR count). The third-order valence-electron chi connectivity index (χ3n) is 4.87. The molecule has 33 heavy (non-hydrogen) atoms. The smallest absolute Gasteiger partial charge is 0.416 e. The molecule has 0 saturated heterocycles. The highest BCUT2D eigenvalue weighted by Crippen LogP contribution is 2.38. The number of rotatable bonds is 5. The van der Waals surface area contributed by atoms with E-state index in [1.54, 1.807) is 19.1 Å². The highest BCUT2D eigenvalue weighted by atomic mass is 32.2. The molecule has 0 aliphatic rings. The lowest BCUT2D eigenvalue weighted by molar-refractivity contribution is -0.137. The fourth-order valence-electron chi connectivity index (χ4n) is 3.31. The monoisotopic (exact) mass is 474 g/mol. The average Bonchev–Trinajstić information content (AvgIpc) is 2.77. The topological polar surface area (TPSA) is 94.1 Å². The number of anilines is 1. The standard InChI is InChI=1S/C22H17F3N4O3S/c1-13-9-20(28-12-27-13)29-33(30,31)16-4-6-17-14(10-16)7-8-26-21(17)18-5-3-15(22(23,24)25)11-19(18)32-2/h3-12H,1-2H3,(H,27,28,29).